The van der Waals surface area contributed by atoms with E-state index in [1.165, 1.54) is 43.5 Å². The average molecular weight is 445 g/mol. The zero-order chi connectivity index (χ0) is 22.3. The van der Waals surface area contributed by atoms with Gasteiger partial charge in [-0.3, -0.25) is 18.7 Å². The highest BCUT2D eigenvalue weighted by molar-refractivity contribution is 7.52. The zero-order valence-electron chi connectivity index (χ0n) is 16.7. The molecule has 0 aliphatic carbocycles. The molecule has 0 radical (unpaired) electrons. The third kappa shape index (κ3) is 5.78. The van der Waals surface area contributed by atoms with Crippen LogP contribution >= 0.6 is 7.75 Å². The quantitative estimate of drug-likeness (QED) is 0.288. The molecule has 0 saturated heterocycles. The summed E-state index contributed by atoms with van der Waals surface area (Å²) in [5, 5.41) is 2.54. The Balaban J connectivity index is 1.72. The molecule has 0 saturated carbocycles. The maximum Gasteiger partial charge on any atom is 0.459 e. The van der Waals surface area contributed by atoms with Gasteiger partial charge in [0.1, 0.15) is 18.1 Å². The monoisotopic (exact) mass is 445 g/mol. The van der Waals surface area contributed by atoms with Crippen LogP contribution in [0.2, 0.25) is 0 Å². The molecule has 2 aromatic heterocycles. The Morgan fingerprint density at radius 1 is 1.35 bits per heavy atom. The Kier molecular flexibility index (Phi) is 7.17. The predicted octanol–water partition coefficient (Wildman–Crippen LogP) is 2.10. The van der Waals surface area contributed by atoms with Crippen molar-refractivity contribution in [3.8, 4) is 5.75 Å². The molecule has 0 amide bonds. The maximum absolute atomic E-state index is 13.1. The molecule has 11 nitrogen and oxygen atoms in total. The van der Waals surface area contributed by atoms with Crippen LogP contribution in [-0.4, -0.2) is 45.2 Å². The van der Waals surface area contributed by atoms with Crippen molar-refractivity contribution in [3.05, 3.63) is 65.1 Å². The standard InChI is InChI=1S/C19H20N5O6P/c1-14(19(26)28-2)23-31(27,30-15-8-4-3-5-9-15)29-11-7-6-10-24-13-22-16-17(24)20-12-21-18(16)25/h3-5,7-10,12-14H,11H2,1-2H3,(H,23,27)(H,20,21,25). The van der Waals surface area contributed by atoms with Crippen molar-refractivity contribution in [2.45, 2.75) is 13.0 Å². The Morgan fingerprint density at radius 3 is 2.87 bits per heavy atom. The van der Waals surface area contributed by atoms with Crippen LogP contribution in [-0.2, 0) is 18.6 Å². The van der Waals surface area contributed by atoms with Gasteiger partial charge in [0, 0.05) is 0 Å². The van der Waals surface area contributed by atoms with Gasteiger partial charge in [0.2, 0.25) is 0 Å². The van der Waals surface area contributed by atoms with Gasteiger partial charge in [-0.2, -0.15) is 5.09 Å². The molecule has 3 aromatic rings. The van der Waals surface area contributed by atoms with Crippen molar-refractivity contribution in [2.75, 3.05) is 13.7 Å². The molecule has 2 heterocycles. The normalized spacial score (nSPS) is 13.6. The fraction of sp³-hybridized carbons (Fsp3) is 0.211. The maximum atomic E-state index is 13.1. The molecule has 31 heavy (non-hydrogen) atoms. The largest absolute Gasteiger partial charge is 0.468 e. The van der Waals surface area contributed by atoms with Crippen molar-refractivity contribution in [1.29, 1.82) is 0 Å². The number of carbonyl (C=O) groups excluding carboxylic acids is 1. The summed E-state index contributed by atoms with van der Waals surface area (Å²) in [5.74, 6) is -0.318. The molecular formula is C19H20N5O6P. The fourth-order valence-corrected chi connectivity index (χ4v) is 3.88. The number of fused-ring (bicyclic) bond motifs is 1. The summed E-state index contributed by atoms with van der Waals surface area (Å²) in [6, 6.07) is 7.48. The molecule has 2 atom stereocenters. The van der Waals surface area contributed by atoms with Gasteiger partial charge in [-0.1, -0.05) is 18.2 Å². The van der Waals surface area contributed by atoms with E-state index in [2.05, 4.69) is 30.5 Å². The first kappa shape index (κ1) is 22.2. The van der Waals surface area contributed by atoms with E-state index in [0.29, 0.717) is 11.4 Å². The van der Waals surface area contributed by atoms with Crippen molar-refractivity contribution < 1.29 is 23.1 Å². The van der Waals surface area contributed by atoms with Gasteiger partial charge >= 0.3 is 13.7 Å². The van der Waals surface area contributed by atoms with Crippen molar-refractivity contribution in [1.82, 2.24) is 24.6 Å². The number of imidazole rings is 1. The number of ether oxygens (including phenoxy) is 1. The lowest BCUT2D eigenvalue weighted by molar-refractivity contribution is -0.142. The Labute approximate surface area is 177 Å². The number of hydrogen-bond acceptors (Lipinski definition) is 8. The molecule has 1 aromatic carbocycles. The molecule has 12 heteroatoms. The number of para-hydroxylation sites is 1. The first-order valence-electron chi connectivity index (χ1n) is 9.08. The summed E-state index contributed by atoms with van der Waals surface area (Å²) in [5.41, 5.74) is 3.02. The minimum absolute atomic E-state index is 0.151. The van der Waals surface area contributed by atoms with Gasteiger partial charge in [0.25, 0.3) is 5.56 Å². The van der Waals surface area contributed by atoms with Crippen LogP contribution in [0.15, 0.2) is 59.6 Å². The summed E-state index contributed by atoms with van der Waals surface area (Å²) in [6.45, 7) is 1.33. The lowest BCUT2D eigenvalue weighted by atomic mass is 10.3. The molecule has 0 spiro atoms. The van der Waals surface area contributed by atoms with Gasteiger partial charge in [0.05, 0.1) is 26.2 Å². The van der Waals surface area contributed by atoms with Crippen LogP contribution < -0.4 is 15.2 Å². The van der Waals surface area contributed by atoms with Crippen LogP contribution in [0.1, 0.15) is 6.92 Å². The number of H-pyrrole nitrogens is 1. The van der Waals surface area contributed by atoms with E-state index in [1.807, 2.05) is 0 Å². The smallest absolute Gasteiger partial charge is 0.459 e. The van der Waals surface area contributed by atoms with Crippen molar-refractivity contribution in [3.63, 3.8) is 0 Å². The number of nitrogens with one attached hydrogen (secondary N) is 2. The topological polar surface area (TPSA) is 137 Å². The zero-order valence-corrected chi connectivity index (χ0v) is 17.6. The molecule has 0 aliphatic rings. The first-order chi connectivity index (χ1) is 14.9. The summed E-state index contributed by atoms with van der Waals surface area (Å²) in [4.78, 5) is 33.8. The van der Waals surface area contributed by atoms with Crippen LogP contribution in [0.3, 0.4) is 0 Å². The van der Waals surface area contributed by atoms with Crippen molar-refractivity contribution >= 4 is 31.1 Å². The first-order valence-corrected chi connectivity index (χ1v) is 10.6. The second-order valence-electron chi connectivity index (χ2n) is 6.13. The number of nitrogens with zero attached hydrogens (tertiary/aromatic N) is 3. The highest BCUT2D eigenvalue weighted by Gasteiger charge is 2.31. The van der Waals surface area contributed by atoms with Gasteiger partial charge in [0.15, 0.2) is 11.2 Å². The average Bonchev–Trinajstić information content (AvgIpc) is 3.18. The van der Waals surface area contributed by atoms with Crippen LogP contribution in [0.25, 0.3) is 17.4 Å². The lowest BCUT2D eigenvalue weighted by Gasteiger charge is -2.21. The van der Waals surface area contributed by atoms with Crippen molar-refractivity contribution in [2.24, 2.45) is 0 Å². The van der Waals surface area contributed by atoms with E-state index in [1.54, 1.807) is 30.3 Å². The third-order valence-corrected chi connectivity index (χ3v) is 5.54. The molecule has 2 unspecified atom stereocenters. The van der Waals surface area contributed by atoms with Gasteiger partial charge in [-0.15, -0.1) is 5.73 Å². The number of methoxy groups -OCH3 is 1. The Hall–Kier alpha value is -3.49. The number of aromatic nitrogens is 4. The Bertz CT molecular complexity index is 1220. The second-order valence-corrected chi connectivity index (χ2v) is 7.82. The fourth-order valence-electron chi connectivity index (χ4n) is 2.45. The number of benzene rings is 1. The number of rotatable bonds is 9. The highest BCUT2D eigenvalue weighted by Crippen LogP contribution is 2.44. The van der Waals surface area contributed by atoms with Gasteiger partial charge in [-0.25, -0.2) is 14.5 Å². The number of aromatic amines is 1. The van der Waals surface area contributed by atoms with E-state index in [-0.39, 0.29) is 17.7 Å². The summed E-state index contributed by atoms with van der Waals surface area (Å²) in [6.07, 6.45) is 5.62. The summed E-state index contributed by atoms with van der Waals surface area (Å²) in [7, 11) is -2.70. The van der Waals surface area contributed by atoms with Gasteiger partial charge in [-0.05, 0) is 25.1 Å². The summed E-state index contributed by atoms with van der Waals surface area (Å²) >= 11 is 0. The lowest BCUT2D eigenvalue weighted by Crippen LogP contribution is -2.34. The van der Waals surface area contributed by atoms with Crippen LogP contribution in [0, 0.1) is 0 Å². The summed E-state index contributed by atoms with van der Waals surface area (Å²) < 4.78 is 30.2. The van der Waals surface area contributed by atoms with Gasteiger partial charge < -0.3 is 14.2 Å². The third-order valence-electron chi connectivity index (χ3n) is 3.90. The molecule has 0 bridgehead atoms. The SMILES string of the molecule is COC(=O)C(C)NP(=O)(OCC=C=Cn1cnc2c(=O)[nH]cnc21)Oc1ccccc1. The van der Waals surface area contributed by atoms with Crippen LogP contribution in [0.4, 0.5) is 0 Å². The number of esters is 1. The minimum atomic E-state index is -3.92. The van der Waals surface area contributed by atoms with Crippen LogP contribution in [0.5, 0.6) is 5.75 Å². The molecule has 0 aliphatic heterocycles. The van der Waals surface area contributed by atoms with E-state index < -0.39 is 19.8 Å². The number of carbonyl (C=O) groups is 1. The van der Waals surface area contributed by atoms with E-state index in [9.17, 15) is 14.2 Å². The highest BCUT2D eigenvalue weighted by atomic mass is 31.2. The molecule has 3 rings (SSSR count). The second kappa shape index (κ2) is 10.0. The minimum Gasteiger partial charge on any atom is -0.468 e. The van der Waals surface area contributed by atoms with E-state index in [0.717, 1.165) is 0 Å². The van der Waals surface area contributed by atoms with E-state index in [4.69, 9.17) is 9.05 Å². The molecule has 0 fully saturated rings. The molecule has 2 N–H and O–H groups in total. The van der Waals surface area contributed by atoms with E-state index >= 15 is 0 Å². The Morgan fingerprint density at radius 2 is 2.13 bits per heavy atom. The molecule has 162 valence electrons. The molecular weight excluding hydrogens is 425 g/mol. The number of hydrogen-bond donors (Lipinski definition) is 2. The predicted molar refractivity (Wildman–Crippen MR) is 112 cm³/mol.